The Morgan fingerprint density at radius 1 is 1.56 bits per heavy atom. The zero-order valence-corrected chi connectivity index (χ0v) is 11.1. The molecule has 0 aliphatic heterocycles. The van der Waals surface area contributed by atoms with Crippen LogP contribution in [0.15, 0.2) is 6.20 Å². The average molecular weight is 253 g/mol. The average Bonchev–Trinajstić information content (AvgIpc) is 2.63. The highest BCUT2D eigenvalue weighted by molar-refractivity contribution is 5.97. The van der Waals surface area contributed by atoms with Gasteiger partial charge in [-0.2, -0.15) is 5.10 Å². The molecular weight excluding hydrogens is 234 g/mol. The molecule has 0 unspecified atom stereocenters. The van der Waals surface area contributed by atoms with Crippen molar-refractivity contribution in [1.82, 2.24) is 15.1 Å². The van der Waals surface area contributed by atoms with Crippen LogP contribution in [-0.2, 0) is 11.8 Å². The Kier molecular flexibility index (Phi) is 4.47. The van der Waals surface area contributed by atoms with E-state index in [4.69, 9.17) is 5.11 Å². The van der Waals surface area contributed by atoms with Crippen molar-refractivity contribution in [3.63, 3.8) is 0 Å². The van der Waals surface area contributed by atoms with Crippen LogP contribution in [0.2, 0.25) is 0 Å². The van der Waals surface area contributed by atoms with Crippen molar-refractivity contribution in [3.05, 3.63) is 17.5 Å². The molecule has 100 valence electrons. The number of hydrogen-bond acceptors (Lipinski definition) is 3. The van der Waals surface area contributed by atoms with Gasteiger partial charge >= 0.3 is 5.97 Å². The van der Waals surface area contributed by atoms with E-state index >= 15 is 0 Å². The monoisotopic (exact) mass is 253 g/mol. The van der Waals surface area contributed by atoms with Gasteiger partial charge in [0, 0.05) is 13.2 Å². The van der Waals surface area contributed by atoms with E-state index in [0.29, 0.717) is 17.7 Å². The molecule has 2 N–H and O–H groups in total. The van der Waals surface area contributed by atoms with E-state index in [2.05, 4.69) is 10.4 Å². The standard InChI is InChI=1S/C12H19N3O3/c1-5-7(2)10(12(17)18)13-11(16)9-6-15(4)14-8(9)3/h6-7,10H,5H2,1-4H3,(H,13,16)(H,17,18)/t7-,10-/m0/s1. The number of rotatable bonds is 5. The molecular formula is C12H19N3O3. The fraction of sp³-hybridized carbons (Fsp3) is 0.583. The lowest BCUT2D eigenvalue weighted by molar-refractivity contribution is -0.140. The van der Waals surface area contributed by atoms with Gasteiger partial charge in [0.25, 0.3) is 5.91 Å². The SMILES string of the molecule is CC[C@H](C)[C@H](NC(=O)c1cn(C)nc1C)C(=O)O. The van der Waals surface area contributed by atoms with Crippen LogP contribution in [0.25, 0.3) is 0 Å². The van der Waals surface area contributed by atoms with E-state index < -0.39 is 17.9 Å². The van der Waals surface area contributed by atoms with Gasteiger partial charge < -0.3 is 10.4 Å². The van der Waals surface area contributed by atoms with E-state index in [0.717, 1.165) is 0 Å². The highest BCUT2D eigenvalue weighted by Gasteiger charge is 2.26. The number of carbonyl (C=O) groups is 2. The van der Waals surface area contributed by atoms with Crippen LogP contribution in [0, 0.1) is 12.8 Å². The first-order chi connectivity index (χ1) is 8.36. The predicted octanol–water partition coefficient (Wildman–Crippen LogP) is 0.958. The van der Waals surface area contributed by atoms with Crippen molar-refractivity contribution in [2.24, 2.45) is 13.0 Å². The van der Waals surface area contributed by atoms with Crippen molar-refractivity contribution in [1.29, 1.82) is 0 Å². The predicted molar refractivity (Wildman–Crippen MR) is 66.3 cm³/mol. The molecule has 0 radical (unpaired) electrons. The zero-order chi connectivity index (χ0) is 13.9. The number of nitrogens with one attached hydrogen (secondary N) is 1. The van der Waals surface area contributed by atoms with E-state index in [1.54, 1.807) is 27.1 Å². The maximum absolute atomic E-state index is 12.0. The van der Waals surface area contributed by atoms with E-state index in [1.165, 1.54) is 4.68 Å². The number of aryl methyl sites for hydroxylation is 2. The second-order valence-electron chi connectivity index (χ2n) is 4.48. The number of carboxylic acid groups (broad SMARTS) is 1. The fourth-order valence-corrected chi connectivity index (χ4v) is 1.72. The van der Waals surface area contributed by atoms with Crippen LogP contribution >= 0.6 is 0 Å². The minimum absolute atomic E-state index is 0.122. The van der Waals surface area contributed by atoms with Crippen molar-refractivity contribution < 1.29 is 14.7 Å². The smallest absolute Gasteiger partial charge is 0.326 e. The fourth-order valence-electron chi connectivity index (χ4n) is 1.72. The molecule has 0 aromatic carbocycles. The molecule has 0 spiro atoms. The number of carboxylic acids is 1. The Balaban J connectivity index is 2.85. The van der Waals surface area contributed by atoms with Crippen LogP contribution in [-0.4, -0.2) is 32.8 Å². The normalized spacial score (nSPS) is 14.0. The minimum atomic E-state index is -1.01. The second-order valence-corrected chi connectivity index (χ2v) is 4.48. The van der Waals surface area contributed by atoms with Crippen LogP contribution in [0.5, 0.6) is 0 Å². The number of carbonyl (C=O) groups excluding carboxylic acids is 1. The third kappa shape index (κ3) is 3.09. The van der Waals surface area contributed by atoms with Crippen LogP contribution < -0.4 is 5.32 Å². The third-order valence-corrected chi connectivity index (χ3v) is 3.02. The molecule has 1 heterocycles. The number of aromatic nitrogens is 2. The van der Waals surface area contributed by atoms with Gasteiger partial charge in [-0.3, -0.25) is 9.48 Å². The molecule has 0 fully saturated rings. The first-order valence-corrected chi connectivity index (χ1v) is 5.90. The summed E-state index contributed by atoms with van der Waals surface area (Å²) in [7, 11) is 1.72. The summed E-state index contributed by atoms with van der Waals surface area (Å²) >= 11 is 0. The molecule has 6 heteroatoms. The van der Waals surface area contributed by atoms with E-state index in [9.17, 15) is 9.59 Å². The van der Waals surface area contributed by atoms with Gasteiger partial charge in [0.1, 0.15) is 6.04 Å². The Morgan fingerprint density at radius 2 is 2.17 bits per heavy atom. The highest BCUT2D eigenvalue weighted by atomic mass is 16.4. The minimum Gasteiger partial charge on any atom is -0.480 e. The van der Waals surface area contributed by atoms with Crippen molar-refractivity contribution in [3.8, 4) is 0 Å². The third-order valence-electron chi connectivity index (χ3n) is 3.02. The molecule has 1 rings (SSSR count). The molecule has 1 amide bonds. The number of nitrogens with zero attached hydrogens (tertiary/aromatic N) is 2. The van der Waals surface area contributed by atoms with Gasteiger partial charge in [0.2, 0.25) is 0 Å². The largest absolute Gasteiger partial charge is 0.480 e. The summed E-state index contributed by atoms with van der Waals surface area (Å²) in [5.74, 6) is -1.53. The quantitative estimate of drug-likeness (QED) is 0.818. The molecule has 0 aliphatic carbocycles. The van der Waals surface area contributed by atoms with Gasteiger partial charge in [0.15, 0.2) is 0 Å². The molecule has 18 heavy (non-hydrogen) atoms. The Labute approximate surface area is 106 Å². The lowest BCUT2D eigenvalue weighted by atomic mass is 9.99. The lowest BCUT2D eigenvalue weighted by Crippen LogP contribution is -2.45. The number of aliphatic carboxylic acids is 1. The van der Waals surface area contributed by atoms with Gasteiger partial charge in [-0.25, -0.2) is 4.79 Å². The van der Waals surface area contributed by atoms with Crippen molar-refractivity contribution >= 4 is 11.9 Å². The summed E-state index contributed by atoms with van der Waals surface area (Å²) in [6.45, 7) is 5.41. The van der Waals surface area contributed by atoms with Crippen LogP contribution in [0.4, 0.5) is 0 Å². The lowest BCUT2D eigenvalue weighted by Gasteiger charge is -2.19. The molecule has 0 saturated heterocycles. The summed E-state index contributed by atoms with van der Waals surface area (Å²) in [6, 6.07) is -0.873. The van der Waals surface area contributed by atoms with Crippen LogP contribution in [0.1, 0.15) is 36.3 Å². The molecule has 1 aromatic heterocycles. The molecule has 0 bridgehead atoms. The van der Waals surface area contributed by atoms with Gasteiger partial charge in [-0.05, 0) is 12.8 Å². The maximum atomic E-state index is 12.0. The molecule has 0 aliphatic rings. The maximum Gasteiger partial charge on any atom is 0.326 e. The summed E-state index contributed by atoms with van der Waals surface area (Å²) in [6.07, 6.45) is 2.27. The zero-order valence-electron chi connectivity index (χ0n) is 11.1. The van der Waals surface area contributed by atoms with E-state index in [-0.39, 0.29) is 5.92 Å². The summed E-state index contributed by atoms with van der Waals surface area (Å²) in [5.41, 5.74) is 0.996. The summed E-state index contributed by atoms with van der Waals surface area (Å²) < 4.78 is 1.53. The Hall–Kier alpha value is -1.85. The number of amides is 1. The van der Waals surface area contributed by atoms with E-state index in [1.807, 2.05) is 6.92 Å². The second kappa shape index (κ2) is 5.66. The van der Waals surface area contributed by atoms with Crippen molar-refractivity contribution in [2.45, 2.75) is 33.2 Å². The number of hydrogen-bond donors (Lipinski definition) is 2. The Morgan fingerprint density at radius 3 is 2.56 bits per heavy atom. The van der Waals surface area contributed by atoms with Gasteiger partial charge in [-0.1, -0.05) is 20.3 Å². The van der Waals surface area contributed by atoms with Crippen molar-refractivity contribution in [2.75, 3.05) is 0 Å². The molecule has 2 atom stereocenters. The topological polar surface area (TPSA) is 84.2 Å². The van der Waals surface area contributed by atoms with Crippen LogP contribution in [0.3, 0.4) is 0 Å². The first-order valence-electron chi connectivity index (χ1n) is 5.90. The van der Waals surface area contributed by atoms with Gasteiger partial charge in [0.05, 0.1) is 11.3 Å². The summed E-state index contributed by atoms with van der Waals surface area (Å²) in [5, 5.41) is 15.7. The highest BCUT2D eigenvalue weighted by Crippen LogP contribution is 2.10. The first kappa shape index (κ1) is 14.2. The Bertz CT molecular complexity index is 453. The molecule has 1 aromatic rings. The summed E-state index contributed by atoms with van der Waals surface area (Å²) in [4.78, 5) is 23.1. The molecule has 0 saturated carbocycles. The molecule has 6 nitrogen and oxygen atoms in total. The van der Waals surface area contributed by atoms with Gasteiger partial charge in [-0.15, -0.1) is 0 Å².